The van der Waals surface area contributed by atoms with Crippen LogP contribution in [0.15, 0.2) is 35.4 Å². The summed E-state index contributed by atoms with van der Waals surface area (Å²) in [6, 6.07) is 5.76. The highest BCUT2D eigenvalue weighted by Gasteiger charge is 2.23. The monoisotopic (exact) mass is 336 g/mol. The summed E-state index contributed by atoms with van der Waals surface area (Å²) in [5.74, 6) is -0.725. The van der Waals surface area contributed by atoms with Crippen molar-refractivity contribution in [3.05, 3.63) is 57.5 Å². The first kappa shape index (κ1) is 15.5. The van der Waals surface area contributed by atoms with E-state index >= 15 is 0 Å². The van der Waals surface area contributed by atoms with E-state index in [-0.39, 0.29) is 22.2 Å². The molecule has 3 rings (SSSR count). The summed E-state index contributed by atoms with van der Waals surface area (Å²) in [6.07, 6.45) is 1.21. The minimum atomic E-state index is -0.454. The molecule has 8 heteroatoms. The molecule has 1 aromatic heterocycles. The van der Waals surface area contributed by atoms with Crippen molar-refractivity contribution >= 4 is 23.2 Å². The molecule has 0 saturated carbocycles. The highest BCUT2D eigenvalue weighted by atomic mass is 35.5. The Hall–Kier alpha value is -2.41. The zero-order valence-corrected chi connectivity index (χ0v) is 12.9. The zero-order chi connectivity index (χ0) is 16.4. The fourth-order valence-corrected chi connectivity index (χ4v) is 2.67. The molecule has 1 aliphatic heterocycles. The second-order valence-electron chi connectivity index (χ2n) is 5.17. The van der Waals surface area contributed by atoms with Crippen molar-refractivity contribution in [1.29, 1.82) is 0 Å². The van der Waals surface area contributed by atoms with Gasteiger partial charge in [-0.3, -0.25) is 9.59 Å². The predicted molar refractivity (Wildman–Crippen MR) is 84.4 cm³/mol. The summed E-state index contributed by atoms with van der Waals surface area (Å²) in [5.41, 5.74) is 0.591. The highest BCUT2D eigenvalue weighted by molar-refractivity contribution is 6.31. The summed E-state index contributed by atoms with van der Waals surface area (Å²) >= 11 is 5.80. The van der Waals surface area contributed by atoms with Gasteiger partial charge in [0, 0.05) is 37.9 Å². The van der Waals surface area contributed by atoms with Crippen LogP contribution in [-0.4, -0.2) is 47.0 Å². The number of benzene rings is 1. The van der Waals surface area contributed by atoms with Crippen LogP contribution in [0.2, 0.25) is 5.02 Å². The topological polar surface area (TPSA) is 69.3 Å². The van der Waals surface area contributed by atoms with Gasteiger partial charge in [0.05, 0.1) is 11.3 Å². The number of halogens is 2. The van der Waals surface area contributed by atoms with Gasteiger partial charge in [0.15, 0.2) is 0 Å². The summed E-state index contributed by atoms with van der Waals surface area (Å²) in [4.78, 5) is 33.5. The third kappa shape index (κ3) is 3.34. The number of carbonyl (C=O) groups is 1. The average Bonchev–Trinajstić information content (AvgIpc) is 2.57. The molecule has 23 heavy (non-hydrogen) atoms. The Morgan fingerprint density at radius 2 is 1.96 bits per heavy atom. The number of aromatic amines is 1. The number of piperazine rings is 1. The standard InChI is InChI=1S/C15H14ClFN4O2/c16-11-7-10(1-2-12(11)17)20-3-5-21(6-4-20)15(23)13-8-14(22)19-9-18-13/h1-2,7-9H,3-6H2,(H,18,19,22). The van der Waals surface area contributed by atoms with Crippen LogP contribution in [0.3, 0.4) is 0 Å². The van der Waals surface area contributed by atoms with Crippen molar-refractivity contribution in [2.75, 3.05) is 31.1 Å². The van der Waals surface area contributed by atoms with Gasteiger partial charge >= 0.3 is 0 Å². The number of nitrogens with one attached hydrogen (secondary N) is 1. The maximum absolute atomic E-state index is 13.2. The van der Waals surface area contributed by atoms with E-state index in [1.165, 1.54) is 18.5 Å². The Bertz CT molecular complexity index is 787. The first-order valence-corrected chi connectivity index (χ1v) is 7.46. The van der Waals surface area contributed by atoms with E-state index in [1.807, 2.05) is 4.90 Å². The molecule has 0 spiro atoms. The maximum atomic E-state index is 13.2. The van der Waals surface area contributed by atoms with Gasteiger partial charge in [-0.2, -0.15) is 0 Å². The third-order valence-corrected chi connectivity index (χ3v) is 4.02. The van der Waals surface area contributed by atoms with Crippen LogP contribution in [-0.2, 0) is 0 Å². The molecule has 6 nitrogen and oxygen atoms in total. The van der Waals surface area contributed by atoms with Gasteiger partial charge in [-0.25, -0.2) is 9.37 Å². The van der Waals surface area contributed by atoms with Crippen LogP contribution in [0.25, 0.3) is 0 Å². The van der Waals surface area contributed by atoms with Gasteiger partial charge in [0.1, 0.15) is 11.5 Å². The molecule has 1 aliphatic rings. The van der Waals surface area contributed by atoms with E-state index in [4.69, 9.17) is 11.6 Å². The molecule has 0 atom stereocenters. The number of rotatable bonds is 2. The number of amides is 1. The van der Waals surface area contributed by atoms with Crippen LogP contribution in [0.4, 0.5) is 10.1 Å². The van der Waals surface area contributed by atoms with Crippen LogP contribution < -0.4 is 10.5 Å². The van der Waals surface area contributed by atoms with Crippen molar-refractivity contribution in [3.63, 3.8) is 0 Å². The van der Waals surface area contributed by atoms with Crippen LogP contribution in [0, 0.1) is 5.82 Å². The van der Waals surface area contributed by atoms with Crippen molar-refractivity contribution < 1.29 is 9.18 Å². The van der Waals surface area contributed by atoms with Gasteiger partial charge in [-0.1, -0.05) is 11.6 Å². The van der Waals surface area contributed by atoms with Crippen molar-refractivity contribution in [1.82, 2.24) is 14.9 Å². The Balaban J connectivity index is 1.67. The lowest BCUT2D eigenvalue weighted by Gasteiger charge is -2.36. The van der Waals surface area contributed by atoms with Gasteiger partial charge in [-0.15, -0.1) is 0 Å². The molecule has 120 valence electrons. The largest absolute Gasteiger partial charge is 0.368 e. The van der Waals surface area contributed by atoms with Crippen LogP contribution >= 0.6 is 11.6 Å². The molecule has 1 amide bonds. The Morgan fingerprint density at radius 1 is 1.22 bits per heavy atom. The Morgan fingerprint density at radius 3 is 2.61 bits per heavy atom. The second kappa shape index (κ2) is 6.37. The normalized spacial score (nSPS) is 14.9. The Kier molecular flexibility index (Phi) is 4.29. The smallest absolute Gasteiger partial charge is 0.272 e. The first-order valence-electron chi connectivity index (χ1n) is 7.08. The molecule has 1 fully saturated rings. The fourth-order valence-electron chi connectivity index (χ4n) is 2.50. The summed E-state index contributed by atoms with van der Waals surface area (Å²) in [5, 5.41) is 0.0775. The molecule has 0 bridgehead atoms. The minimum Gasteiger partial charge on any atom is -0.368 e. The summed E-state index contributed by atoms with van der Waals surface area (Å²) in [7, 11) is 0. The number of hydrogen-bond acceptors (Lipinski definition) is 4. The van der Waals surface area contributed by atoms with Gasteiger partial charge in [0.25, 0.3) is 11.5 Å². The van der Waals surface area contributed by atoms with Crippen molar-refractivity contribution in [2.45, 2.75) is 0 Å². The molecule has 2 aromatic rings. The number of carbonyl (C=O) groups excluding carboxylic acids is 1. The van der Waals surface area contributed by atoms with E-state index in [1.54, 1.807) is 17.0 Å². The molecule has 1 saturated heterocycles. The fraction of sp³-hybridized carbons (Fsp3) is 0.267. The molecule has 1 N–H and O–H groups in total. The van der Waals surface area contributed by atoms with E-state index < -0.39 is 5.82 Å². The van der Waals surface area contributed by atoms with E-state index in [0.29, 0.717) is 26.2 Å². The summed E-state index contributed by atoms with van der Waals surface area (Å²) < 4.78 is 13.2. The lowest BCUT2D eigenvalue weighted by atomic mass is 10.2. The maximum Gasteiger partial charge on any atom is 0.272 e. The molecule has 2 heterocycles. The number of aromatic nitrogens is 2. The minimum absolute atomic E-state index is 0.0775. The van der Waals surface area contributed by atoms with Crippen LogP contribution in [0.1, 0.15) is 10.5 Å². The van der Waals surface area contributed by atoms with Gasteiger partial charge < -0.3 is 14.8 Å². The third-order valence-electron chi connectivity index (χ3n) is 3.73. The zero-order valence-electron chi connectivity index (χ0n) is 12.1. The molecule has 0 unspecified atom stereocenters. The molecule has 0 radical (unpaired) electrons. The SMILES string of the molecule is O=C(c1cc(=O)[nH]cn1)N1CCN(c2ccc(F)c(Cl)c2)CC1. The van der Waals surface area contributed by atoms with E-state index in [2.05, 4.69) is 9.97 Å². The number of anilines is 1. The molecular weight excluding hydrogens is 323 g/mol. The lowest BCUT2D eigenvalue weighted by Crippen LogP contribution is -2.49. The molecule has 1 aromatic carbocycles. The van der Waals surface area contributed by atoms with E-state index in [9.17, 15) is 14.0 Å². The van der Waals surface area contributed by atoms with Crippen molar-refractivity contribution in [2.24, 2.45) is 0 Å². The quantitative estimate of drug-likeness (QED) is 0.903. The second-order valence-corrected chi connectivity index (χ2v) is 5.58. The average molecular weight is 337 g/mol. The molecule has 0 aliphatic carbocycles. The van der Waals surface area contributed by atoms with Crippen molar-refractivity contribution in [3.8, 4) is 0 Å². The Labute approximate surface area is 136 Å². The van der Waals surface area contributed by atoms with Gasteiger partial charge in [-0.05, 0) is 18.2 Å². The molecular formula is C15H14ClFN4O2. The number of nitrogens with zero attached hydrogens (tertiary/aromatic N) is 3. The lowest BCUT2D eigenvalue weighted by molar-refractivity contribution is 0.0740. The number of H-pyrrole nitrogens is 1. The van der Waals surface area contributed by atoms with Crippen LogP contribution in [0.5, 0.6) is 0 Å². The first-order chi connectivity index (χ1) is 11.0. The predicted octanol–water partition coefficient (Wildman–Crippen LogP) is 1.52. The van der Waals surface area contributed by atoms with E-state index in [0.717, 1.165) is 5.69 Å². The van der Waals surface area contributed by atoms with Gasteiger partial charge in [0.2, 0.25) is 0 Å². The number of hydrogen-bond donors (Lipinski definition) is 1. The highest BCUT2D eigenvalue weighted by Crippen LogP contribution is 2.23. The summed E-state index contributed by atoms with van der Waals surface area (Å²) in [6.45, 7) is 2.17.